The van der Waals surface area contributed by atoms with Gasteiger partial charge in [-0.3, -0.25) is 14.4 Å². The highest BCUT2D eigenvalue weighted by Crippen LogP contribution is 2.15. The van der Waals surface area contributed by atoms with E-state index in [-0.39, 0.29) is 31.1 Å². The van der Waals surface area contributed by atoms with Crippen molar-refractivity contribution < 1.29 is 28.6 Å². The van der Waals surface area contributed by atoms with Gasteiger partial charge in [0.25, 0.3) is 0 Å². The number of unbranched alkanes of at least 4 members (excludes halogenated alkanes) is 26. The van der Waals surface area contributed by atoms with Crippen molar-refractivity contribution in [2.45, 2.75) is 246 Å². The Morgan fingerprint density at radius 1 is 0.380 bits per heavy atom. The second-order valence-corrected chi connectivity index (χ2v) is 15.5. The van der Waals surface area contributed by atoms with Gasteiger partial charge in [0.15, 0.2) is 6.10 Å². The third-order valence-electron chi connectivity index (χ3n) is 9.79. The van der Waals surface area contributed by atoms with E-state index < -0.39 is 6.10 Å². The van der Waals surface area contributed by atoms with Crippen LogP contribution in [-0.2, 0) is 28.6 Å². The number of rotatable bonds is 39. The number of ether oxygens (including phenoxy) is 3. The molecule has 0 spiro atoms. The Bertz CT molecular complexity index is 751. The van der Waals surface area contributed by atoms with Crippen LogP contribution in [0.25, 0.3) is 0 Å². The molecule has 0 saturated carbocycles. The zero-order valence-corrected chi connectivity index (χ0v) is 33.9. The molecular formula is C44H84O6. The van der Waals surface area contributed by atoms with Crippen molar-refractivity contribution in [2.24, 2.45) is 5.92 Å². The maximum atomic E-state index is 12.6. The average Bonchev–Trinajstić information content (AvgIpc) is 3.09. The van der Waals surface area contributed by atoms with E-state index in [1.54, 1.807) is 0 Å². The predicted octanol–water partition coefficient (Wildman–Crippen LogP) is 13.6. The van der Waals surface area contributed by atoms with Gasteiger partial charge in [-0.15, -0.1) is 0 Å². The summed E-state index contributed by atoms with van der Waals surface area (Å²) in [4.78, 5) is 37.6. The van der Waals surface area contributed by atoms with Gasteiger partial charge < -0.3 is 14.2 Å². The van der Waals surface area contributed by atoms with Gasteiger partial charge in [-0.25, -0.2) is 0 Å². The second-order valence-electron chi connectivity index (χ2n) is 15.5. The van der Waals surface area contributed by atoms with E-state index in [4.69, 9.17) is 14.2 Å². The van der Waals surface area contributed by atoms with Crippen LogP contribution in [0.4, 0.5) is 0 Å². The Morgan fingerprint density at radius 2 is 0.660 bits per heavy atom. The third-order valence-corrected chi connectivity index (χ3v) is 9.79. The Hall–Kier alpha value is -1.59. The van der Waals surface area contributed by atoms with E-state index in [0.717, 1.165) is 63.7 Å². The highest BCUT2D eigenvalue weighted by molar-refractivity contribution is 5.71. The molecule has 0 aliphatic heterocycles. The van der Waals surface area contributed by atoms with E-state index >= 15 is 0 Å². The second kappa shape index (κ2) is 38.6. The molecule has 0 aliphatic rings. The lowest BCUT2D eigenvalue weighted by Gasteiger charge is -2.18. The molecule has 296 valence electrons. The number of carbonyl (C=O) groups excluding carboxylic acids is 3. The maximum absolute atomic E-state index is 12.6. The van der Waals surface area contributed by atoms with E-state index in [1.807, 2.05) is 0 Å². The van der Waals surface area contributed by atoms with Crippen LogP contribution in [0.2, 0.25) is 0 Å². The van der Waals surface area contributed by atoms with Crippen LogP contribution < -0.4 is 0 Å². The number of carbonyl (C=O) groups is 3. The van der Waals surface area contributed by atoms with Gasteiger partial charge in [0.1, 0.15) is 13.2 Å². The van der Waals surface area contributed by atoms with E-state index in [0.29, 0.717) is 19.3 Å². The highest BCUT2D eigenvalue weighted by atomic mass is 16.6. The summed E-state index contributed by atoms with van der Waals surface area (Å²) >= 11 is 0. The fourth-order valence-electron chi connectivity index (χ4n) is 6.45. The van der Waals surface area contributed by atoms with Crippen molar-refractivity contribution in [3.8, 4) is 0 Å². The summed E-state index contributed by atoms with van der Waals surface area (Å²) in [5.41, 5.74) is 0. The van der Waals surface area contributed by atoms with Crippen molar-refractivity contribution in [3.05, 3.63) is 0 Å². The van der Waals surface area contributed by atoms with Crippen LogP contribution in [0.5, 0.6) is 0 Å². The van der Waals surface area contributed by atoms with Crippen molar-refractivity contribution in [2.75, 3.05) is 13.2 Å². The molecule has 0 aliphatic carbocycles. The molecule has 0 amide bonds. The van der Waals surface area contributed by atoms with Crippen LogP contribution in [0.3, 0.4) is 0 Å². The van der Waals surface area contributed by atoms with Crippen LogP contribution in [0.1, 0.15) is 240 Å². The predicted molar refractivity (Wildman–Crippen MR) is 210 cm³/mol. The highest BCUT2D eigenvalue weighted by Gasteiger charge is 2.19. The van der Waals surface area contributed by atoms with Gasteiger partial charge in [-0.2, -0.15) is 0 Å². The molecule has 0 bridgehead atoms. The van der Waals surface area contributed by atoms with Gasteiger partial charge in [-0.05, 0) is 25.2 Å². The molecule has 0 saturated heterocycles. The number of esters is 3. The molecule has 0 heterocycles. The molecule has 1 atom stereocenters. The molecule has 0 aromatic carbocycles. The SMILES string of the molecule is CCCCCCCCCCCCCCC(=O)OC[C@H](COC(=O)CCCCCCCCCC(C)C)OC(=O)CCCCCCCCCCCC. The summed E-state index contributed by atoms with van der Waals surface area (Å²) < 4.78 is 16.7. The largest absolute Gasteiger partial charge is 0.462 e. The van der Waals surface area contributed by atoms with E-state index in [2.05, 4.69) is 27.7 Å². The van der Waals surface area contributed by atoms with Gasteiger partial charge in [-0.1, -0.05) is 201 Å². The van der Waals surface area contributed by atoms with Crippen molar-refractivity contribution in [3.63, 3.8) is 0 Å². The lowest BCUT2D eigenvalue weighted by atomic mass is 10.0. The molecule has 0 N–H and O–H groups in total. The maximum Gasteiger partial charge on any atom is 0.306 e. The molecule has 0 unspecified atom stereocenters. The Kier molecular flexibility index (Phi) is 37.4. The van der Waals surface area contributed by atoms with Crippen molar-refractivity contribution >= 4 is 17.9 Å². The summed E-state index contributed by atoms with van der Waals surface area (Å²) in [6.45, 7) is 8.92. The number of hydrogen-bond donors (Lipinski definition) is 0. The molecule has 0 rings (SSSR count). The summed E-state index contributed by atoms with van der Waals surface area (Å²) in [5, 5.41) is 0. The Labute approximate surface area is 310 Å². The summed E-state index contributed by atoms with van der Waals surface area (Å²) in [6.07, 6.45) is 36.6. The van der Waals surface area contributed by atoms with Crippen LogP contribution in [0, 0.1) is 5.92 Å². The van der Waals surface area contributed by atoms with Gasteiger partial charge in [0.05, 0.1) is 0 Å². The topological polar surface area (TPSA) is 78.9 Å². The first-order chi connectivity index (χ1) is 24.4. The van der Waals surface area contributed by atoms with Crippen LogP contribution in [0.15, 0.2) is 0 Å². The monoisotopic (exact) mass is 709 g/mol. The standard InChI is InChI=1S/C44H84O6/c1-5-7-9-11-13-15-17-18-20-23-27-31-35-42(45)48-38-41(50-44(47)37-33-29-24-19-16-14-12-10-8-6-2)39-49-43(46)36-32-28-25-21-22-26-30-34-40(3)4/h40-41H,5-39H2,1-4H3/t41-/m1/s1. The minimum Gasteiger partial charge on any atom is -0.462 e. The molecule has 0 radical (unpaired) electrons. The Morgan fingerprint density at radius 3 is 0.980 bits per heavy atom. The first-order valence-corrected chi connectivity index (χ1v) is 21.9. The quantitative estimate of drug-likeness (QED) is 0.0359. The lowest BCUT2D eigenvalue weighted by molar-refractivity contribution is -0.167. The smallest absolute Gasteiger partial charge is 0.306 e. The molecule has 0 fully saturated rings. The van der Waals surface area contributed by atoms with Crippen molar-refractivity contribution in [1.82, 2.24) is 0 Å². The first-order valence-electron chi connectivity index (χ1n) is 21.9. The summed E-state index contributed by atoms with van der Waals surface area (Å²) in [5.74, 6) is -0.0790. The molecule has 6 nitrogen and oxygen atoms in total. The fourth-order valence-corrected chi connectivity index (χ4v) is 6.45. The first kappa shape index (κ1) is 48.4. The normalized spacial score (nSPS) is 11.9. The molecule has 6 heteroatoms. The van der Waals surface area contributed by atoms with Crippen LogP contribution in [-0.4, -0.2) is 37.2 Å². The van der Waals surface area contributed by atoms with E-state index in [1.165, 1.54) is 135 Å². The van der Waals surface area contributed by atoms with Gasteiger partial charge in [0, 0.05) is 19.3 Å². The summed E-state index contributed by atoms with van der Waals surface area (Å²) in [6, 6.07) is 0. The van der Waals surface area contributed by atoms with Gasteiger partial charge >= 0.3 is 17.9 Å². The van der Waals surface area contributed by atoms with Crippen LogP contribution >= 0.6 is 0 Å². The van der Waals surface area contributed by atoms with Crippen molar-refractivity contribution in [1.29, 1.82) is 0 Å². The minimum absolute atomic E-state index is 0.0645. The zero-order chi connectivity index (χ0) is 36.8. The molecule has 0 aromatic heterocycles. The molecular weight excluding hydrogens is 624 g/mol. The number of hydrogen-bond acceptors (Lipinski definition) is 6. The van der Waals surface area contributed by atoms with E-state index in [9.17, 15) is 14.4 Å². The lowest BCUT2D eigenvalue weighted by Crippen LogP contribution is -2.30. The third kappa shape index (κ3) is 37.7. The summed E-state index contributed by atoms with van der Waals surface area (Å²) in [7, 11) is 0. The fraction of sp³-hybridized carbons (Fsp3) is 0.932. The Balaban J connectivity index is 4.33. The zero-order valence-electron chi connectivity index (χ0n) is 33.9. The minimum atomic E-state index is -0.758. The average molecular weight is 709 g/mol. The van der Waals surface area contributed by atoms with Gasteiger partial charge in [0.2, 0.25) is 0 Å². The molecule has 0 aromatic rings. The molecule has 50 heavy (non-hydrogen) atoms.